The van der Waals surface area contributed by atoms with Crippen molar-refractivity contribution in [3.8, 4) is 0 Å². The van der Waals surface area contributed by atoms with E-state index in [2.05, 4.69) is 20.6 Å². The minimum atomic E-state index is -0.631. The molecule has 5 rings (SSSR count). The summed E-state index contributed by atoms with van der Waals surface area (Å²) in [5.74, 6) is -0.298. The van der Waals surface area contributed by atoms with Gasteiger partial charge >= 0.3 is 5.97 Å². The maximum atomic E-state index is 13.7. The summed E-state index contributed by atoms with van der Waals surface area (Å²) >= 11 is 2.90. The van der Waals surface area contributed by atoms with Gasteiger partial charge in [-0.15, -0.1) is 22.0 Å². The summed E-state index contributed by atoms with van der Waals surface area (Å²) in [4.78, 5) is 27.9. The number of ether oxygens (including phenoxy) is 1. The summed E-state index contributed by atoms with van der Waals surface area (Å²) in [5, 5.41) is 14.0. The molecule has 0 aliphatic carbocycles. The van der Waals surface area contributed by atoms with E-state index in [4.69, 9.17) is 10.5 Å². The van der Waals surface area contributed by atoms with Crippen LogP contribution in [0.1, 0.15) is 24.2 Å². The molecule has 1 unspecified atom stereocenters. The standard InChI is InChI=1S/C23H22N6O3S2/c1-13(34-23-25-27-28-26-23)16-12-33-21-17(24)20(30)29(21)18(16)22(31)32-19(14-8-4-2-5-9-14)15-10-6-3-7-11-15/h2-11,13,17,19,21H,12,24H2,1H3,(H,25,26,27,28)/t13?,17-,21-/m1/s1. The number of nitrogens with two attached hydrogens (primary N) is 1. The van der Waals surface area contributed by atoms with E-state index in [1.807, 2.05) is 67.6 Å². The third kappa shape index (κ3) is 4.22. The number of amides is 1. The third-order valence-electron chi connectivity index (χ3n) is 5.76. The first kappa shape index (κ1) is 22.6. The van der Waals surface area contributed by atoms with Crippen LogP contribution in [0.5, 0.6) is 0 Å². The molecule has 2 aromatic carbocycles. The van der Waals surface area contributed by atoms with E-state index in [0.29, 0.717) is 10.9 Å². The average Bonchev–Trinajstić information content (AvgIpc) is 3.39. The Balaban J connectivity index is 1.51. The van der Waals surface area contributed by atoms with Crippen LogP contribution in [0.4, 0.5) is 0 Å². The second kappa shape index (κ2) is 9.61. The Hall–Kier alpha value is -3.15. The molecule has 0 saturated carbocycles. The highest BCUT2D eigenvalue weighted by atomic mass is 32.2. The number of esters is 1. The van der Waals surface area contributed by atoms with Gasteiger partial charge in [-0.05, 0) is 28.8 Å². The fourth-order valence-corrected chi connectivity index (χ4v) is 6.38. The average molecular weight is 495 g/mol. The molecule has 2 aliphatic rings. The van der Waals surface area contributed by atoms with Gasteiger partial charge in [0, 0.05) is 11.0 Å². The van der Waals surface area contributed by atoms with Gasteiger partial charge in [0.05, 0.1) is 0 Å². The smallest absolute Gasteiger partial charge is 0.356 e. The van der Waals surface area contributed by atoms with Crippen LogP contribution in [0, 0.1) is 0 Å². The molecule has 11 heteroatoms. The number of β-lactam (4-membered cyclic amide) rings is 1. The minimum Gasteiger partial charge on any atom is -0.448 e. The van der Waals surface area contributed by atoms with Crippen molar-refractivity contribution >= 4 is 35.4 Å². The van der Waals surface area contributed by atoms with E-state index >= 15 is 0 Å². The summed E-state index contributed by atoms with van der Waals surface area (Å²) in [6, 6.07) is 18.5. The van der Waals surface area contributed by atoms with Gasteiger partial charge in [-0.2, -0.15) is 5.21 Å². The van der Waals surface area contributed by atoms with Crippen molar-refractivity contribution in [1.82, 2.24) is 25.5 Å². The first-order valence-electron chi connectivity index (χ1n) is 10.7. The molecule has 2 aliphatic heterocycles. The second-order valence-corrected chi connectivity index (χ2v) is 10.3. The summed E-state index contributed by atoms with van der Waals surface area (Å²) in [6.07, 6.45) is -0.623. The number of fused-ring (bicyclic) bond motifs is 1. The fourth-order valence-electron chi connectivity index (χ4n) is 4.02. The first-order chi connectivity index (χ1) is 16.5. The molecule has 3 heterocycles. The lowest BCUT2D eigenvalue weighted by atomic mass is 10.0. The number of benzene rings is 2. The zero-order chi connectivity index (χ0) is 23.7. The highest BCUT2D eigenvalue weighted by Crippen LogP contribution is 2.43. The van der Waals surface area contributed by atoms with Crippen LogP contribution >= 0.6 is 23.5 Å². The fraction of sp³-hybridized carbons (Fsp3) is 0.261. The van der Waals surface area contributed by atoms with Gasteiger partial charge in [-0.1, -0.05) is 72.4 Å². The quantitative estimate of drug-likeness (QED) is 0.289. The molecular weight excluding hydrogens is 472 g/mol. The summed E-state index contributed by atoms with van der Waals surface area (Å²) in [7, 11) is 0. The number of rotatable bonds is 7. The lowest BCUT2D eigenvalue weighted by Crippen LogP contribution is -2.68. The highest BCUT2D eigenvalue weighted by Gasteiger charge is 2.52. The molecule has 3 aromatic rings. The minimum absolute atomic E-state index is 0.190. The maximum absolute atomic E-state index is 13.7. The SMILES string of the molecule is CC(Sc1nn[nH]n1)C1=C(C(=O)OC(c2ccccc2)c2ccccc2)N2C(=O)[C@@H](N)[C@H]2SC1. The monoisotopic (exact) mass is 494 g/mol. The van der Waals surface area contributed by atoms with Crippen LogP contribution in [0.2, 0.25) is 0 Å². The van der Waals surface area contributed by atoms with Crippen molar-refractivity contribution in [2.75, 3.05) is 5.75 Å². The summed E-state index contributed by atoms with van der Waals surface area (Å²) < 4.78 is 6.11. The number of tetrazole rings is 1. The number of thioether (sulfide) groups is 2. The van der Waals surface area contributed by atoms with E-state index in [-0.39, 0.29) is 22.2 Å². The zero-order valence-corrected chi connectivity index (χ0v) is 19.8. The predicted octanol–water partition coefficient (Wildman–Crippen LogP) is 2.51. The summed E-state index contributed by atoms with van der Waals surface area (Å²) in [6.45, 7) is 1.95. The van der Waals surface area contributed by atoms with Crippen molar-refractivity contribution in [3.05, 3.63) is 83.1 Å². The Morgan fingerprint density at radius 1 is 1.18 bits per heavy atom. The van der Waals surface area contributed by atoms with Crippen LogP contribution in [0.25, 0.3) is 0 Å². The van der Waals surface area contributed by atoms with Gasteiger partial charge in [0.15, 0.2) is 6.10 Å². The van der Waals surface area contributed by atoms with Gasteiger partial charge in [0.1, 0.15) is 17.1 Å². The third-order valence-corrected chi connectivity index (χ3v) is 8.11. The van der Waals surface area contributed by atoms with Crippen LogP contribution in [-0.4, -0.2) is 59.8 Å². The topological polar surface area (TPSA) is 127 Å². The number of carbonyl (C=O) groups excluding carboxylic acids is 2. The van der Waals surface area contributed by atoms with Crippen LogP contribution in [-0.2, 0) is 14.3 Å². The molecule has 1 amide bonds. The van der Waals surface area contributed by atoms with Crippen molar-refractivity contribution in [1.29, 1.82) is 0 Å². The van der Waals surface area contributed by atoms with Crippen molar-refractivity contribution in [2.24, 2.45) is 5.73 Å². The molecule has 174 valence electrons. The Bertz CT molecular complexity index is 1170. The van der Waals surface area contributed by atoms with Crippen LogP contribution in [0.15, 0.2) is 77.1 Å². The Kier molecular flexibility index (Phi) is 6.40. The van der Waals surface area contributed by atoms with Crippen molar-refractivity contribution < 1.29 is 14.3 Å². The van der Waals surface area contributed by atoms with E-state index in [1.165, 1.54) is 16.7 Å². The predicted molar refractivity (Wildman–Crippen MR) is 128 cm³/mol. The van der Waals surface area contributed by atoms with Crippen molar-refractivity contribution in [3.63, 3.8) is 0 Å². The maximum Gasteiger partial charge on any atom is 0.356 e. The highest BCUT2D eigenvalue weighted by molar-refractivity contribution is 8.01. The first-order valence-corrected chi connectivity index (χ1v) is 12.6. The molecule has 34 heavy (non-hydrogen) atoms. The van der Waals surface area contributed by atoms with E-state index in [1.54, 1.807) is 11.8 Å². The lowest BCUT2D eigenvalue weighted by molar-refractivity contribution is -0.153. The zero-order valence-electron chi connectivity index (χ0n) is 18.2. The van der Waals surface area contributed by atoms with E-state index in [0.717, 1.165) is 16.7 Å². The normalized spacial score (nSPS) is 20.7. The van der Waals surface area contributed by atoms with Crippen LogP contribution in [0.3, 0.4) is 0 Å². The number of hydrogen-bond acceptors (Lipinski definition) is 9. The number of nitrogens with one attached hydrogen (secondary N) is 1. The van der Waals surface area contributed by atoms with Crippen molar-refractivity contribution in [2.45, 2.75) is 34.8 Å². The van der Waals surface area contributed by atoms with E-state index in [9.17, 15) is 9.59 Å². The molecule has 3 atom stereocenters. The largest absolute Gasteiger partial charge is 0.448 e. The Morgan fingerprint density at radius 2 is 1.82 bits per heavy atom. The molecule has 1 fully saturated rings. The molecule has 0 bridgehead atoms. The van der Waals surface area contributed by atoms with Crippen LogP contribution < -0.4 is 5.73 Å². The Labute approximate surface area is 204 Å². The number of H-pyrrole nitrogens is 1. The van der Waals surface area contributed by atoms with Gasteiger partial charge in [-0.25, -0.2) is 4.79 Å². The lowest BCUT2D eigenvalue weighted by Gasteiger charge is -2.49. The number of aromatic nitrogens is 4. The number of aromatic amines is 1. The summed E-state index contributed by atoms with van der Waals surface area (Å²) in [5.41, 5.74) is 8.75. The molecular formula is C23H22N6O3S2. The van der Waals surface area contributed by atoms with Gasteiger partial charge in [0.25, 0.3) is 0 Å². The molecule has 0 radical (unpaired) electrons. The van der Waals surface area contributed by atoms with E-state index < -0.39 is 18.1 Å². The molecule has 0 spiro atoms. The number of hydrogen-bond donors (Lipinski definition) is 2. The van der Waals surface area contributed by atoms with Gasteiger partial charge in [0.2, 0.25) is 11.1 Å². The van der Waals surface area contributed by atoms with Gasteiger partial charge < -0.3 is 10.5 Å². The van der Waals surface area contributed by atoms with Gasteiger partial charge in [-0.3, -0.25) is 9.69 Å². The Morgan fingerprint density at radius 3 is 2.41 bits per heavy atom. The molecule has 1 saturated heterocycles. The molecule has 9 nitrogen and oxygen atoms in total. The number of carbonyl (C=O) groups is 2. The number of nitrogens with zero attached hydrogens (tertiary/aromatic N) is 4. The molecule has 1 aromatic heterocycles. The second-order valence-electron chi connectivity index (χ2n) is 7.87. The molecule has 3 N–H and O–H groups in total.